The number of halogens is 5. The van der Waals surface area contributed by atoms with Gasteiger partial charge in [-0.05, 0) is 19.1 Å². The highest BCUT2D eigenvalue weighted by Gasteiger charge is 2.68. The molecular weight excluding hydrogens is 387 g/mol. The molecule has 26 heavy (non-hydrogen) atoms. The minimum atomic E-state index is -5.75. The Morgan fingerprint density at radius 2 is 1.65 bits per heavy atom. The van der Waals surface area contributed by atoms with E-state index in [1.807, 2.05) is 0 Å². The maximum atomic E-state index is 13.5. The second-order valence-electron chi connectivity index (χ2n) is 4.94. The van der Waals surface area contributed by atoms with Gasteiger partial charge < -0.3 is 14.2 Å². The minimum absolute atomic E-state index is 0.362. The Hall–Kier alpha value is -2.14. The van der Waals surface area contributed by atoms with E-state index >= 15 is 0 Å². The van der Waals surface area contributed by atoms with Crippen molar-refractivity contribution in [3.8, 4) is 5.75 Å². The molecule has 0 N–H and O–H groups in total. The first kappa shape index (κ1) is 21.9. The third-order valence-corrected chi connectivity index (χ3v) is 2.76. The van der Waals surface area contributed by atoms with Gasteiger partial charge in [0.25, 0.3) is 0 Å². The van der Waals surface area contributed by atoms with Crippen LogP contribution in [0.15, 0.2) is 42.5 Å². The Labute approximate surface area is 150 Å². The molecule has 1 rings (SSSR count). The van der Waals surface area contributed by atoms with Crippen LogP contribution in [0.3, 0.4) is 0 Å². The number of hydrogen-bond donors (Lipinski definition) is 1. The van der Waals surface area contributed by atoms with Crippen LogP contribution in [0, 0.1) is 0 Å². The number of ether oxygens (including phenoxy) is 3. The van der Waals surface area contributed by atoms with Crippen LogP contribution in [0.4, 0.5) is 22.0 Å². The van der Waals surface area contributed by atoms with Crippen molar-refractivity contribution in [1.82, 2.24) is 0 Å². The Bertz CT molecular complexity index is 671. The van der Waals surface area contributed by atoms with Crippen molar-refractivity contribution in [2.24, 2.45) is 0 Å². The average Bonchev–Trinajstić information content (AvgIpc) is 2.49. The molecule has 0 radical (unpaired) electrons. The third kappa shape index (κ3) is 5.70. The summed E-state index contributed by atoms with van der Waals surface area (Å²) in [7, 11) is 0. The summed E-state index contributed by atoms with van der Waals surface area (Å²) < 4.78 is 78.9. The fraction of sp³-hybridized carbons (Fsp3) is 0.333. The molecule has 0 saturated carbocycles. The van der Waals surface area contributed by atoms with E-state index in [4.69, 9.17) is 0 Å². The lowest BCUT2D eigenvalue weighted by molar-refractivity contribution is -0.357. The van der Waals surface area contributed by atoms with Gasteiger partial charge in [0.05, 0.1) is 0 Å². The molecule has 1 aromatic rings. The molecule has 5 nitrogen and oxygen atoms in total. The molecule has 144 valence electrons. The van der Waals surface area contributed by atoms with E-state index in [9.17, 15) is 31.5 Å². The quantitative estimate of drug-likeness (QED) is 0.190. The summed E-state index contributed by atoms with van der Waals surface area (Å²) >= 11 is 2.73. The minimum Gasteiger partial charge on any atom is -0.421 e. The zero-order valence-electron chi connectivity index (χ0n) is 13.2. The summed E-state index contributed by atoms with van der Waals surface area (Å²) in [5.74, 6) is -8.78. The maximum Gasteiger partial charge on any atom is 0.468 e. The predicted molar refractivity (Wildman–Crippen MR) is 81.7 cm³/mol. The molecule has 0 heterocycles. The Morgan fingerprint density at radius 1 is 1.12 bits per heavy atom. The molecule has 0 fully saturated rings. The summed E-state index contributed by atoms with van der Waals surface area (Å²) in [4.78, 5) is 23.7. The van der Waals surface area contributed by atoms with Gasteiger partial charge in [-0.2, -0.15) is 22.0 Å². The number of carbonyl (C=O) groups excluding carboxylic acids is 2. The van der Waals surface area contributed by atoms with Crippen molar-refractivity contribution in [1.29, 1.82) is 0 Å². The average molecular weight is 400 g/mol. The van der Waals surface area contributed by atoms with Gasteiger partial charge in [-0.15, -0.1) is 12.6 Å². The largest absolute Gasteiger partial charge is 0.468 e. The van der Waals surface area contributed by atoms with Gasteiger partial charge in [0.1, 0.15) is 12.4 Å². The van der Waals surface area contributed by atoms with Crippen molar-refractivity contribution in [2.75, 3.05) is 6.61 Å². The van der Waals surface area contributed by atoms with Gasteiger partial charge >= 0.3 is 29.2 Å². The number of carbonyl (C=O) groups is 2. The van der Waals surface area contributed by atoms with Crippen molar-refractivity contribution in [3.05, 3.63) is 42.5 Å². The number of esters is 2. The van der Waals surface area contributed by atoms with Crippen molar-refractivity contribution >= 4 is 24.6 Å². The molecule has 0 aliphatic heterocycles. The van der Waals surface area contributed by atoms with Crippen LogP contribution in [0.25, 0.3) is 0 Å². The number of para-hydroxylation sites is 1. The van der Waals surface area contributed by atoms with E-state index < -0.39 is 41.3 Å². The van der Waals surface area contributed by atoms with Crippen molar-refractivity contribution < 1.29 is 45.8 Å². The van der Waals surface area contributed by atoms with Crippen LogP contribution in [0.2, 0.25) is 0 Å². The summed E-state index contributed by atoms with van der Waals surface area (Å²) in [5.41, 5.74) is -0.535. The van der Waals surface area contributed by atoms with Gasteiger partial charge in [0, 0.05) is 5.57 Å². The predicted octanol–water partition coefficient (Wildman–Crippen LogP) is 3.51. The van der Waals surface area contributed by atoms with Crippen molar-refractivity contribution in [2.45, 2.75) is 24.1 Å². The summed E-state index contributed by atoms with van der Waals surface area (Å²) in [6.45, 7) is 2.05. The van der Waals surface area contributed by atoms with Gasteiger partial charge in [-0.3, -0.25) is 0 Å². The molecule has 0 amide bonds. The van der Waals surface area contributed by atoms with Gasteiger partial charge in [0.15, 0.2) is 0 Å². The van der Waals surface area contributed by atoms with E-state index in [0.717, 1.165) is 19.1 Å². The number of alkyl halides is 5. The topological polar surface area (TPSA) is 61.8 Å². The van der Waals surface area contributed by atoms with E-state index in [1.165, 1.54) is 18.2 Å². The second kappa shape index (κ2) is 8.04. The smallest absolute Gasteiger partial charge is 0.421 e. The summed E-state index contributed by atoms with van der Waals surface area (Å²) in [6, 6.07) is 6.38. The molecule has 0 aromatic heterocycles. The molecule has 0 aliphatic rings. The second-order valence-corrected chi connectivity index (χ2v) is 5.60. The third-order valence-electron chi connectivity index (χ3n) is 2.63. The molecule has 1 atom stereocenters. The fourth-order valence-electron chi connectivity index (χ4n) is 1.45. The lowest BCUT2D eigenvalue weighted by atomic mass is 10.2. The lowest BCUT2D eigenvalue weighted by Gasteiger charge is -2.32. The lowest BCUT2D eigenvalue weighted by Crippen LogP contribution is -2.60. The molecule has 0 saturated heterocycles. The number of hydrogen-bond acceptors (Lipinski definition) is 6. The van der Waals surface area contributed by atoms with Crippen LogP contribution < -0.4 is 4.74 Å². The first-order chi connectivity index (χ1) is 11.8. The molecule has 0 bridgehead atoms. The van der Waals surface area contributed by atoms with E-state index in [2.05, 4.69) is 33.4 Å². The van der Waals surface area contributed by atoms with E-state index in [-0.39, 0.29) is 5.75 Å². The monoisotopic (exact) mass is 400 g/mol. The Morgan fingerprint density at radius 3 is 2.08 bits per heavy atom. The maximum absolute atomic E-state index is 13.5. The fourth-order valence-corrected chi connectivity index (χ4v) is 1.52. The van der Waals surface area contributed by atoms with Crippen LogP contribution >= 0.6 is 12.6 Å². The normalized spacial score (nSPS) is 14.3. The first-order valence-electron chi connectivity index (χ1n) is 6.75. The zero-order valence-corrected chi connectivity index (χ0v) is 14.1. The molecule has 0 spiro atoms. The molecular formula is C15H13F5O5S. The standard InChI is InChI=1S/C15H13F5O5S/c1-9(2)11(21)25-14(15(18,19)20,23-8-13(16,17)26)12(22)24-10-6-4-3-5-7-10/h3-7,26H,1,8H2,2H3. The molecule has 1 unspecified atom stereocenters. The number of benzene rings is 1. The van der Waals surface area contributed by atoms with Gasteiger partial charge in [-0.1, -0.05) is 24.8 Å². The van der Waals surface area contributed by atoms with Crippen molar-refractivity contribution in [3.63, 3.8) is 0 Å². The SMILES string of the molecule is C=C(C)C(=O)OC(OCC(F)(F)S)(C(=O)Oc1ccccc1)C(F)(F)F. The van der Waals surface area contributed by atoms with Crippen LogP contribution in [-0.4, -0.2) is 35.8 Å². The molecule has 1 aromatic carbocycles. The molecule has 11 heteroatoms. The summed E-state index contributed by atoms with van der Waals surface area (Å²) in [6.07, 6.45) is -5.75. The van der Waals surface area contributed by atoms with E-state index in [1.54, 1.807) is 0 Å². The summed E-state index contributed by atoms with van der Waals surface area (Å²) in [5, 5.41) is -4.06. The van der Waals surface area contributed by atoms with Crippen LogP contribution in [0.5, 0.6) is 5.75 Å². The number of rotatable bonds is 7. The Balaban J connectivity index is 3.32. The van der Waals surface area contributed by atoms with Crippen LogP contribution in [-0.2, 0) is 19.1 Å². The molecule has 0 aliphatic carbocycles. The van der Waals surface area contributed by atoms with Gasteiger partial charge in [-0.25, -0.2) is 9.59 Å². The number of thiol groups is 1. The zero-order chi connectivity index (χ0) is 20.2. The van der Waals surface area contributed by atoms with E-state index in [0.29, 0.717) is 0 Å². The highest BCUT2D eigenvalue weighted by Crippen LogP contribution is 2.38. The Kier molecular flexibility index (Phi) is 6.77. The van der Waals surface area contributed by atoms with Gasteiger partial charge in [0.2, 0.25) is 0 Å². The highest BCUT2D eigenvalue weighted by molar-refractivity contribution is 7.81. The van der Waals surface area contributed by atoms with Crippen LogP contribution in [0.1, 0.15) is 6.92 Å². The highest BCUT2D eigenvalue weighted by atomic mass is 32.1. The first-order valence-corrected chi connectivity index (χ1v) is 7.20.